The van der Waals surface area contributed by atoms with E-state index in [4.69, 9.17) is 16.0 Å². The van der Waals surface area contributed by atoms with E-state index in [0.717, 1.165) is 22.0 Å². The van der Waals surface area contributed by atoms with E-state index in [1.165, 1.54) is 11.8 Å². The van der Waals surface area contributed by atoms with Crippen LogP contribution in [0, 0.1) is 0 Å². The number of aromatic nitrogens is 1. The number of halogens is 1. The molecule has 1 N–H and O–H groups in total. The molecule has 1 heterocycles. The molecule has 0 saturated carbocycles. The molecule has 1 aromatic carbocycles. The van der Waals surface area contributed by atoms with Gasteiger partial charge in [0.15, 0.2) is 0 Å². The normalized spacial score (nSPS) is 11.1. The van der Waals surface area contributed by atoms with Crippen molar-refractivity contribution in [3.05, 3.63) is 41.2 Å². The summed E-state index contributed by atoms with van der Waals surface area (Å²) in [6, 6.07) is 6.33. The van der Waals surface area contributed by atoms with Crippen molar-refractivity contribution in [2.75, 3.05) is 0 Å². The molecule has 0 atom stereocenters. The van der Waals surface area contributed by atoms with Gasteiger partial charge >= 0.3 is 0 Å². The summed E-state index contributed by atoms with van der Waals surface area (Å²) < 4.78 is 5.25. The number of hydrogen-bond donors (Lipinski definition) is 1. The lowest BCUT2D eigenvalue weighted by Crippen LogP contribution is -2.22. The minimum absolute atomic E-state index is 0.434. The Kier molecular flexibility index (Phi) is 4.69. The first-order valence-electron chi connectivity index (χ1n) is 5.75. The Labute approximate surface area is 116 Å². The summed E-state index contributed by atoms with van der Waals surface area (Å²) in [6.07, 6.45) is 3.19. The highest BCUT2D eigenvalue weighted by atomic mass is 35.5. The highest BCUT2D eigenvalue weighted by molar-refractivity contribution is 7.99. The zero-order valence-corrected chi connectivity index (χ0v) is 11.9. The number of hydrogen-bond acceptors (Lipinski definition) is 4. The van der Waals surface area contributed by atoms with Crippen LogP contribution in [0.15, 0.2) is 45.2 Å². The highest BCUT2D eigenvalue weighted by Gasteiger charge is 2.11. The predicted octanol–water partition coefficient (Wildman–Crippen LogP) is 3.98. The van der Waals surface area contributed by atoms with Gasteiger partial charge in [-0.05, 0) is 23.4 Å². The molecule has 0 radical (unpaired) electrons. The minimum Gasteiger partial charge on any atom is -0.440 e. The maximum absolute atomic E-state index is 6.24. The molecule has 0 amide bonds. The molecule has 2 rings (SSSR count). The Balaban J connectivity index is 2.21. The van der Waals surface area contributed by atoms with Gasteiger partial charge in [-0.15, -0.1) is 0 Å². The van der Waals surface area contributed by atoms with E-state index >= 15 is 0 Å². The molecule has 1 aromatic heterocycles. The van der Waals surface area contributed by atoms with Gasteiger partial charge in [0, 0.05) is 17.5 Å². The SMILES string of the molecule is CC(C)NCc1cccc(Cl)c1Sc1ncco1. The molecule has 0 fully saturated rings. The van der Waals surface area contributed by atoms with Crippen molar-refractivity contribution in [2.24, 2.45) is 0 Å². The second kappa shape index (κ2) is 6.27. The maximum Gasteiger partial charge on any atom is 0.260 e. The van der Waals surface area contributed by atoms with Gasteiger partial charge in [-0.2, -0.15) is 0 Å². The predicted molar refractivity (Wildman–Crippen MR) is 74.1 cm³/mol. The van der Waals surface area contributed by atoms with Crippen molar-refractivity contribution >= 4 is 23.4 Å². The highest BCUT2D eigenvalue weighted by Crippen LogP contribution is 2.35. The Morgan fingerprint density at radius 1 is 1.44 bits per heavy atom. The van der Waals surface area contributed by atoms with Crippen LogP contribution in [0.1, 0.15) is 19.4 Å². The van der Waals surface area contributed by atoms with Crippen LogP contribution >= 0.6 is 23.4 Å². The monoisotopic (exact) mass is 282 g/mol. The number of benzene rings is 1. The van der Waals surface area contributed by atoms with Gasteiger partial charge in [-0.1, -0.05) is 37.6 Å². The first-order chi connectivity index (χ1) is 8.66. The van der Waals surface area contributed by atoms with Gasteiger partial charge in [-0.3, -0.25) is 0 Å². The van der Waals surface area contributed by atoms with Crippen LogP contribution in [0.3, 0.4) is 0 Å². The molecule has 0 aliphatic rings. The first kappa shape index (κ1) is 13.5. The van der Waals surface area contributed by atoms with Gasteiger partial charge in [0.2, 0.25) is 0 Å². The lowest BCUT2D eigenvalue weighted by Gasteiger charge is -2.12. The van der Waals surface area contributed by atoms with E-state index in [1.807, 2.05) is 12.1 Å². The van der Waals surface area contributed by atoms with Gasteiger partial charge in [0.05, 0.1) is 11.2 Å². The lowest BCUT2D eigenvalue weighted by molar-refractivity contribution is 0.454. The summed E-state index contributed by atoms with van der Waals surface area (Å²) >= 11 is 7.69. The maximum atomic E-state index is 6.24. The summed E-state index contributed by atoms with van der Waals surface area (Å²) in [7, 11) is 0. The second-order valence-corrected chi connectivity index (χ2v) is 5.53. The fraction of sp³-hybridized carbons (Fsp3) is 0.308. The van der Waals surface area contributed by atoms with Crippen LogP contribution in [-0.2, 0) is 6.54 Å². The fourth-order valence-corrected chi connectivity index (χ4v) is 2.61. The van der Waals surface area contributed by atoms with Crippen LogP contribution in [0.2, 0.25) is 5.02 Å². The fourth-order valence-electron chi connectivity index (χ4n) is 1.47. The van der Waals surface area contributed by atoms with Crippen LogP contribution < -0.4 is 5.32 Å². The zero-order valence-electron chi connectivity index (χ0n) is 10.3. The molecular weight excluding hydrogens is 268 g/mol. The Hall–Kier alpha value is -0.970. The average Bonchev–Trinajstić information content (AvgIpc) is 2.82. The number of oxazole rings is 1. The molecule has 96 valence electrons. The topological polar surface area (TPSA) is 38.1 Å². The van der Waals surface area contributed by atoms with Crippen molar-refractivity contribution in [3.8, 4) is 0 Å². The Morgan fingerprint density at radius 2 is 2.28 bits per heavy atom. The molecular formula is C13H15ClN2OS. The average molecular weight is 283 g/mol. The summed E-state index contributed by atoms with van der Waals surface area (Å²) in [5, 5.41) is 4.71. The summed E-state index contributed by atoms with van der Waals surface area (Å²) in [5.74, 6) is 0. The molecule has 0 unspecified atom stereocenters. The number of rotatable bonds is 5. The van der Waals surface area contributed by atoms with Gasteiger partial charge in [-0.25, -0.2) is 4.98 Å². The molecule has 2 aromatic rings. The molecule has 3 nitrogen and oxygen atoms in total. The van der Waals surface area contributed by atoms with E-state index in [0.29, 0.717) is 11.3 Å². The largest absolute Gasteiger partial charge is 0.440 e. The Morgan fingerprint density at radius 3 is 2.94 bits per heavy atom. The second-order valence-electron chi connectivity index (χ2n) is 4.16. The minimum atomic E-state index is 0.434. The van der Waals surface area contributed by atoms with Crippen molar-refractivity contribution in [1.82, 2.24) is 10.3 Å². The third kappa shape index (κ3) is 3.51. The summed E-state index contributed by atoms with van der Waals surface area (Å²) in [5.41, 5.74) is 1.15. The van der Waals surface area contributed by atoms with Crippen molar-refractivity contribution in [3.63, 3.8) is 0 Å². The first-order valence-corrected chi connectivity index (χ1v) is 6.94. The molecule has 0 spiro atoms. The van der Waals surface area contributed by atoms with Crippen LogP contribution in [0.25, 0.3) is 0 Å². The van der Waals surface area contributed by atoms with Crippen molar-refractivity contribution in [2.45, 2.75) is 36.6 Å². The molecule has 0 saturated heterocycles. The lowest BCUT2D eigenvalue weighted by atomic mass is 10.2. The van der Waals surface area contributed by atoms with Crippen LogP contribution in [0.5, 0.6) is 0 Å². The molecule has 5 heteroatoms. The number of nitrogens with zero attached hydrogens (tertiary/aromatic N) is 1. The summed E-state index contributed by atoms with van der Waals surface area (Å²) in [4.78, 5) is 5.10. The van der Waals surface area contributed by atoms with E-state index in [1.54, 1.807) is 12.5 Å². The van der Waals surface area contributed by atoms with E-state index in [-0.39, 0.29) is 0 Å². The van der Waals surface area contributed by atoms with Gasteiger partial charge in [0.25, 0.3) is 5.22 Å². The van der Waals surface area contributed by atoms with E-state index in [2.05, 4.69) is 30.2 Å². The van der Waals surface area contributed by atoms with Crippen molar-refractivity contribution < 1.29 is 4.42 Å². The summed E-state index contributed by atoms with van der Waals surface area (Å²) in [6.45, 7) is 5.01. The van der Waals surface area contributed by atoms with Crippen molar-refractivity contribution in [1.29, 1.82) is 0 Å². The standard InChI is InChI=1S/C13H15ClN2OS/c1-9(2)16-8-10-4-3-5-11(14)12(10)18-13-15-6-7-17-13/h3-7,9,16H,8H2,1-2H3. The molecule has 18 heavy (non-hydrogen) atoms. The van der Waals surface area contributed by atoms with E-state index < -0.39 is 0 Å². The van der Waals surface area contributed by atoms with E-state index in [9.17, 15) is 0 Å². The zero-order chi connectivity index (χ0) is 13.0. The third-order valence-corrected chi connectivity index (χ3v) is 3.84. The third-order valence-electron chi connectivity index (χ3n) is 2.35. The van der Waals surface area contributed by atoms with Gasteiger partial charge < -0.3 is 9.73 Å². The Bertz CT molecular complexity index is 500. The molecule has 0 aliphatic heterocycles. The molecule has 0 bridgehead atoms. The number of nitrogens with one attached hydrogen (secondary N) is 1. The smallest absolute Gasteiger partial charge is 0.260 e. The van der Waals surface area contributed by atoms with Crippen LogP contribution in [-0.4, -0.2) is 11.0 Å². The van der Waals surface area contributed by atoms with Crippen LogP contribution in [0.4, 0.5) is 0 Å². The quantitative estimate of drug-likeness (QED) is 0.900. The molecule has 0 aliphatic carbocycles. The van der Waals surface area contributed by atoms with Gasteiger partial charge in [0.1, 0.15) is 6.26 Å².